The molecule has 1 spiro atoms. The van der Waals surface area contributed by atoms with Crippen LogP contribution >= 0.6 is 0 Å². The number of terminal acetylenes is 1. The molecular formula is C30H27F2N5O6. The predicted octanol–water partition coefficient (Wildman–Crippen LogP) is 3.79. The summed E-state index contributed by atoms with van der Waals surface area (Å²) >= 11 is 0. The molecule has 0 amide bonds. The van der Waals surface area contributed by atoms with E-state index in [2.05, 4.69) is 25.8 Å². The summed E-state index contributed by atoms with van der Waals surface area (Å²) in [6, 6.07) is 7.49. The molecule has 6 heterocycles. The molecule has 1 N–H and O–H groups in total. The first-order valence-corrected chi connectivity index (χ1v) is 13.9. The number of alkyl halides is 2. The van der Waals surface area contributed by atoms with Gasteiger partial charge in [-0.2, -0.15) is 0 Å². The topological polar surface area (TPSA) is 123 Å². The molecule has 11 nitrogen and oxygen atoms in total. The van der Waals surface area contributed by atoms with E-state index in [-0.39, 0.29) is 41.8 Å². The molecule has 7 rings (SSSR count). The molecule has 0 aliphatic carbocycles. The summed E-state index contributed by atoms with van der Waals surface area (Å²) in [5.74, 6) is 0.993. The zero-order valence-electron chi connectivity index (χ0n) is 23.1. The molecule has 1 aromatic carbocycles. The van der Waals surface area contributed by atoms with Gasteiger partial charge in [-0.15, -0.1) is 6.42 Å². The van der Waals surface area contributed by atoms with Crippen molar-refractivity contribution in [2.45, 2.75) is 43.6 Å². The van der Waals surface area contributed by atoms with Gasteiger partial charge in [-0.3, -0.25) is 0 Å². The summed E-state index contributed by atoms with van der Waals surface area (Å²) in [7, 11) is 0. The SMILES string of the molecule is C#Cc1cnc(OC2C[C@@H](C(=O)O)N(c3nc(C(F)F)nc4c3oc3ccccc34)C2)c(N2CCOC3(COC3)[C@@H]2C)c1. The Kier molecular flexibility index (Phi) is 6.55. The van der Waals surface area contributed by atoms with Gasteiger partial charge in [-0.1, -0.05) is 18.1 Å². The van der Waals surface area contributed by atoms with Gasteiger partial charge in [0.2, 0.25) is 5.88 Å². The van der Waals surface area contributed by atoms with Crippen molar-refractivity contribution >= 4 is 39.5 Å². The second kappa shape index (κ2) is 10.3. The smallest absolute Gasteiger partial charge is 0.326 e. The maximum Gasteiger partial charge on any atom is 0.326 e. The van der Waals surface area contributed by atoms with Crippen LogP contribution in [0.25, 0.3) is 22.1 Å². The fraction of sp³-hybridized carbons (Fsp3) is 0.400. The van der Waals surface area contributed by atoms with Gasteiger partial charge >= 0.3 is 5.97 Å². The third-order valence-corrected chi connectivity index (χ3v) is 8.46. The zero-order chi connectivity index (χ0) is 29.9. The number of aromatic nitrogens is 3. The number of hydrogen-bond donors (Lipinski definition) is 1. The second-order valence-corrected chi connectivity index (χ2v) is 10.9. The number of aliphatic carboxylic acids is 1. The van der Waals surface area contributed by atoms with Crippen molar-refractivity contribution < 1.29 is 37.3 Å². The molecule has 3 fully saturated rings. The van der Waals surface area contributed by atoms with Crippen LogP contribution in [0.1, 0.15) is 31.2 Å². The number of furan rings is 1. The molecule has 3 aliphatic heterocycles. The highest BCUT2D eigenvalue weighted by Gasteiger charge is 2.50. The Balaban J connectivity index is 1.25. The number of fused-ring (bicyclic) bond motifs is 3. The average Bonchev–Trinajstić information content (AvgIpc) is 3.58. The van der Waals surface area contributed by atoms with E-state index in [1.165, 1.54) is 11.1 Å². The standard InChI is InChI=1S/C30H27F2N5O6/c1-3-17-10-20(36-8-9-41-30(16(36)2)14-40-15-30)28(33-12-17)42-18-11-21(29(38)39)37(13-18)27-24-23(34-26(35-27)25(31)32)19-6-4-5-7-22(19)43-24/h1,4-7,10,12,16,18,21,25H,8-9,11,13-15H2,2H3,(H,38,39)/t16-,18?,21-/m0/s1. The Bertz CT molecular complexity index is 1770. The Labute approximate surface area is 244 Å². The van der Waals surface area contributed by atoms with Crippen molar-refractivity contribution in [1.29, 1.82) is 0 Å². The van der Waals surface area contributed by atoms with Crippen LogP contribution in [0.5, 0.6) is 5.88 Å². The first kappa shape index (κ1) is 27.3. The zero-order valence-corrected chi connectivity index (χ0v) is 23.1. The molecule has 222 valence electrons. The number of morpholine rings is 1. The second-order valence-electron chi connectivity index (χ2n) is 10.9. The summed E-state index contributed by atoms with van der Waals surface area (Å²) in [5.41, 5.74) is 1.51. The van der Waals surface area contributed by atoms with Gasteiger partial charge in [0, 0.05) is 30.1 Å². The highest BCUT2D eigenvalue weighted by molar-refractivity contribution is 6.06. The highest BCUT2D eigenvalue weighted by Crippen LogP contribution is 2.41. The molecule has 3 aromatic heterocycles. The van der Waals surface area contributed by atoms with Crippen molar-refractivity contribution in [2.24, 2.45) is 0 Å². The molecule has 0 saturated carbocycles. The van der Waals surface area contributed by atoms with Gasteiger partial charge < -0.3 is 33.5 Å². The number of benzene rings is 1. The first-order valence-electron chi connectivity index (χ1n) is 13.9. The normalized spacial score (nSPS) is 23.2. The highest BCUT2D eigenvalue weighted by atomic mass is 19.3. The van der Waals surface area contributed by atoms with E-state index in [0.717, 1.165) is 0 Å². The lowest BCUT2D eigenvalue weighted by molar-refractivity contribution is -0.228. The van der Waals surface area contributed by atoms with Crippen molar-refractivity contribution in [1.82, 2.24) is 15.0 Å². The van der Waals surface area contributed by atoms with Crippen LogP contribution in [-0.2, 0) is 14.3 Å². The predicted molar refractivity (Wildman–Crippen MR) is 151 cm³/mol. The van der Waals surface area contributed by atoms with E-state index in [1.54, 1.807) is 24.3 Å². The first-order chi connectivity index (χ1) is 20.8. The van der Waals surface area contributed by atoms with Gasteiger partial charge in [0.1, 0.15) is 34.5 Å². The molecule has 13 heteroatoms. The minimum atomic E-state index is -2.98. The monoisotopic (exact) mass is 591 g/mol. The lowest BCUT2D eigenvalue weighted by atomic mass is 9.90. The Morgan fingerprint density at radius 1 is 1.26 bits per heavy atom. The summed E-state index contributed by atoms with van der Waals surface area (Å²) < 4.78 is 51.7. The number of para-hydroxylation sites is 1. The summed E-state index contributed by atoms with van der Waals surface area (Å²) in [6.45, 7) is 4.04. The molecule has 1 unspecified atom stereocenters. The van der Waals surface area contributed by atoms with E-state index in [0.29, 0.717) is 48.6 Å². The minimum Gasteiger partial charge on any atom is -0.480 e. The molecular weight excluding hydrogens is 564 g/mol. The number of pyridine rings is 1. The Morgan fingerprint density at radius 3 is 2.79 bits per heavy atom. The van der Waals surface area contributed by atoms with Crippen LogP contribution in [0, 0.1) is 12.3 Å². The number of carbonyl (C=O) groups is 1. The maximum absolute atomic E-state index is 13.9. The van der Waals surface area contributed by atoms with Crippen LogP contribution in [-0.4, -0.2) is 82.7 Å². The molecule has 43 heavy (non-hydrogen) atoms. The molecule has 0 bridgehead atoms. The van der Waals surface area contributed by atoms with Gasteiger partial charge in [-0.05, 0) is 25.1 Å². The average molecular weight is 592 g/mol. The van der Waals surface area contributed by atoms with Gasteiger partial charge in [0.15, 0.2) is 17.2 Å². The number of rotatable bonds is 6. The molecule has 3 aliphatic rings. The Morgan fingerprint density at radius 2 is 2.07 bits per heavy atom. The van der Waals surface area contributed by atoms with Crippen LogP contribution in [0.4, 0.5) is 20.3 Å². The lowest BCUT2D eigenvalue weighted by Gasteiger charge is -2.53. The summed E-state index contributed by atoms with van der Waals surface area (Å²) in [4.78, 5) is 28.7. The number of ether oxygens (including phenoxy) is 3. The molecule has 3 saturated heterocycles. The van der Waals surface area contributed by atoms with E-state index < -0.39 is 36.0 Å². The van der Waals surface area contributed by atoms with Crippen molar-refractivity contribution in [3.8, 4) is 18.2 Å². The minimum absolute atomic E-state index is 0.0251. The lowest BCUT2D eigenvalue weighted by Crippen LogP contribution is -2.68. The summed E-state index contributed by atoms with van der Waals surface area (Å²) in [5, 5.41) is 10.7. The largest absolute Gasteiger partial charge is 0.480 e. The maximum atomic E-state index is 13.9. The van der Waals surface area contributed by atoms with Gasteiger partial charge in [0.25, 0.3) is 6.43 Å². The van der Waals surface area contributed by atoms with Crippen LogP contribution in [0.2, 0.25) is 0 Å². The number of anilines is 2. The van der Waals surface area contributed by atoms with Gasteiger partial charge in [0.05, 0.1) is 32.4 Å². The van der Waals surface area contributed by atoms with Crippen molar-refractivity contribution in [3.63, 3.8) is 0 Å². The molecule has 0 radical (unpaired) electrons. The van der Waals surface area contributed by atoms with E-state index in [4.69, 9.17) is 25.1 Å². The third kappa shape index (κ3) is 4.49. The molecule has 3 atom stereocenters. The van der Waals surface area contributed by atoms with E-state index >= 15 is 0 Å². The van der Waals surface area contributed by atoms with E-state index in [9.17, 15) is 18.7 Å². The third-order valence-electron chi connectivity index (χ3n) is 8.46. The van der Waals surface area contributed by atoms with Crippen molar-refractivity contribution in [2.75, 3.05) is 42.7 Å². The van der Waals surface area contributed by atoms with E-state index in [1.807, 2.05) is 13.0 Å². The van der Waals surface area contributed by atoms with Gasteiger partial charge in [-0.25, -0.2) is 28.5 Å². The number of carboxylic acids is 1. The number of hydrogen-bond acceptors (Lipinski definition) is 10. The number of nitrogens with zero attached hydrogens (tertiary/aromatic N) is 5. The number of carboxylic acid groups (broad SMARTS) is 1. The number of halogens is 2. The summed E-state index contributed by atoms with van der Waals surface area (Å²) in [6.07, 6.45) is 3.60. The van der Waals surface area contributed by atoms with Crippen LogP contribution < -0.4 is 14.5 Å². The van der Waals surface area contributed by atoms with Crippen molar-refractivity contribution in [3.05, 3.63) is 47.9 Å². The fourth-order valence-corrected chi connectivity index (χ4v) is 6.11. The molecule has 4 aromatic rings. The quantitative estimate of drug-likeness (QED) is 0.330. The van der Waals surface area contributed by atoms with Crippen LogP contribution in [0.15, 0.2) is 40.9 Å². The fourth-order valence-electron chi connectivity index (χ4n) is 6.11. The Hall–Kier alpha value is -4.54. The van der Waals surface area contributed by atoms with Crippen LogP contribution in [0.3, 0.4) is 0 Å².